The molecule has 1 aliphatic heterocycles. The fourth-order valence-electron chi connectivity index (χ4n) is 2.43. The first-order valence-corrected chi connectivity index (χ1v) is 7.50. The molecular formula is C19H22O4. The predicted octanol–water partition coefficient (Wildman–Crippen LogP) is 3.57. The van der Waals surface area contributed by atoms with Gasteiger partial charge < -0.3 is 14.9 Å². The molecular weight excluding hydrogens is 292 g/mol. The summed E-state index contributed by atoms with van der Waals surface area (Å²) >= 11 is 0. The number of carboxylic acid groups (broad SMARTS) is 1. The smallest absolute Gasteiger partial charge is 0.328 e. The molecule has 4 nitrogen and oxygen atoms in total. The summed E-state index contributed by atoms with van der Waals surface area (Å²) in [4.78, 5) is 10.7. The second-order valence-corrected chi connectivity index (χ2v) is 6.43. The molecule has 0 atom stereocenters. The number of carbonyl (C=O) groups is 1. The molecule has 0 radical (unpaired) electrons. The van der Waals surface area contributed by atoms with Crippen LogP contribution in [0.4, 0.5) is 0 Å². The SMILES string of the molecule is CC(/C=C/C1=CC(C)(C)COc2ccc(CO)cc21)=C\C(=O)O. The molecule has 0 saturated carbocycles. The van der Waals surface area contributed by atoms with Crippen LogP contribution in [-0.2, 0) is 11.4 Å². The fourth-order valence-corrected chi connectivity index (χ4v) is 2.43. The van der Waals surface area contributed by atoms with E-state index in [2.05, 4.69) is 19.9 Å². The maximum absolute atomic E-state index is 10.7. The molecule has 0 spiro atoms. The van der Waals surface area contributed by atoms with E-state index in [0.717, 1.165) is 22.4 Å². The van der Waals surface area contributed by atoms with Gasteiger partial charge in [-0.05, 0) is 35.8 Å². The van der Waals surface area contributed by atoms with Crippen molar-refractivity contribution >= 4 is 11.5 Å². The molecule has 0 bridgehead atoms. The fraction of sp³-hybridized carbons (Fsp3) is 0.316. The Kier molecular flexibility index (Phi) is 5.06. The van der Waals surface area contributed by atoms with Crippen molar-refractivity contribution in [3.8, 4) is 5.75 Å². The molecule has 2 N–H and O–H groups in total. The average molecular weight is 314 g/mol. The second-order valence-electron chi connectivity index (χ2n) is 6.43. The van der Waals surface area contributed by atoms with Gasteiger partial charge in [-0.15, -0.1) is 0 Å². The van der Waals surface area contributed by atoms with E-state index in [4.69, 9.17) is 9.84 Å². The Labute approximate surface area is 136 Å². The monoisotopic (exact) mass is 314 g/mol. The van der Waals surface area contributed by atoms with Crippen molar-refractivity contribution in [2.24, 2.45) is 5.41 Å². The third kappa shape index (κ3) is 4.57. The van der Waals surface area contributed by atoms with Crippen molar-refractivity contribution < 1.29 is 19.7 Å². The molecule has 0 fully saturated rings. The van der Waals surface area contributed by atoms with Gasteiger partial charge >= 0.3 is 5.97 Å². The average Bonchev–Trinajstić information content (AvgIpc) is 2.60. The maximum Gasteiger partial charge on any atom is 0.328 e. The van der Waals surface area contributed by atoms with Gasteiger partial charge in [0.15, 0.2) is 0 Å². The number of aliphatic hydroxyl groups excluding tert-OH is 1. The quantitative estimate of drug-likeness (QED) is 0.658. The lowest BCUT2D eigenvalue weighted by Gasteiger charge is -2.18. The highest BCUT2D eigenvalue weighted by molar-refractivity contribution is 5.82. The highest BCUT2D eigenvalue weighted by Crippen LogP contribution is 2.36. The molecule has 0 amide bonds. The lowest BCUT2D eigenvalue weighted by atomic mass is 9.90. The summed E-state index contributed by atoms with van der Waals surface area (Å²) in [5, 5.41) is 18.2. The maximum atomic E-state index is 10.7. The van der Waals surface area contributed by atoms with E-state index >= 15 is 0 Å². The van der Waals surface area contributed by atoms with Crippen molar-refractivity contribution in [1.82, 2.24) is 0 Å². The summed E-state index contributed by atoms with van der Waals surface area (Å²) in [5.74, 6) is -0.197. The number of aliphatic hydroxyl groups is 1. The Morgan fingerprint density at radius 1 is 1.39 bits per heavy atom. The molecule has 0 aliphatic carbocycles. The number of aliphatic carboxylic acids is 1. The van der Waals surface area contributed by atoms with Gasteiger partial charge in [-0.1, -0.05) is 38.1 Å². The van der Waals surface area contributed by atoms with Crippen molar-refractivity contribution in [2.75, 3.05) is 6.61 Å². The zero-order valence-corrected chi connectivity index (χ0v) is 13.7. The zero-order valence-electron chi connectivity index (χ0n) is 13.7. The van der Waals surface area contributed by atoms with Crippen LogP contribution in [0.25, 0.3) is 5.57 Å². The van der Waals surface area contributed by atoms with Gasteiger partial charge in [0.25, 0.3) is 0 Å². The van der Waals surface area contributed by atoms with E-state index < -0.39 is 5.97 Å². The van der Waals surface area contributed by atoms with Crippen LogP contribution in [0.1, 0.15) is 31.9 Å². The van der Waals surface area contributed by atoms with Crippen LogP contribution in [0.5, 0.6) is 5.75 Å². The molecule has 23 heavy (non-hydrogen) atoms. The van der Waals surface area contributed by atoms with Crippen molar-refractivity contribution in [1.29, 1.82) is 0 Å². The van der Waals surface area contributed by atoms with E-state index in [1.165, 1.54) is 6.08 Å². The second kappa shape index (κ2) is 6.84. The predicted molar refractivity (Wildman–Crippen MR) is 90.2 cm³/mol. The number of ether oxygens (including phenoxy) is 1. The summed E-state index contributed by atoms with van der Waals surface area (Å²) in [6.45, 7) is 6.43. The Hall–Kier alpha value is -2.33. The number of benzene rings is 1. The first-order chi connectivity index (χ1) is 10.8. The van der Waals surface area contributed by atoms with Crippen LogP contribution < -0.4 is 4.74 Å². The van der Waals surface area contributed by atoms with E-state index in [1.54, 1.807) is 13.0 Å². The van der Waals surface area contributed by atoms with E-state index in [0.29, 0.717) is 12.2 Å². The molecule has 122 valence electrons. The molecule has 1 aromatic carbocycles. The third-order valence-electron chi connectivity index (χ3n) is 3.56. The first kappa shape index (κ1) is 17.0. The van der Waals surface area contributed by atoms with Gasteiger partial charge in [-0.25, -0.2) is 4.79 Å². The summed E-state index contributed by atoms with van der Waals surface area (Å²) in [7, 11) is 0. The standard InChI is InChI=1S/C19H22O4/c1-13(8-18(21)22)4-6-15-10-19(2,3)12-23-17-7-5-14(11-20)9-16(15)17/h4-10,20H,11-12H2,1-3H3,(H,21,22)/b6-4+,13-8+. The first-order valence-electron chi connectivity index (χ1n) is 7.50. The van der Waals surface area contributed by atoms with Gasteiger partial charge in [0.1, 0.15) is 5.75 Å². The Bertz CT molecular complexity index is 693. The molecule has 1 aromatic rings. The molecule has 1 aliphatic rings. The normalized spacial score (nSPS) is 17.2. The lowest BCUT2D eigenvalue weighted by molar-refractivity contribution is -0.131. The van der Waals surface area contributed by atoms with Gasteiger partial charge in [0, 0.05) is 17.1 Å². The van der Waals surface area contributed by atoms with Gasteiger partial charge in [-0.2, -0.15) is 0 Å². The highest BCUT2D eigenvalue weighted by Gasteiger charge is 2.23. The Balaban J connectivity index is 2.48. The third-order valence-corrected chi connectivity index (χ3v) is 3.56. The van der Waals surface area contributed by atoms with Crippen LogP contribution in [-0.4, -0.2) is 22.8 Å². The minimum Gasteiger partial charge on any atom is -0.492 e. The molecule has 0 saturated heterocycles. The number of fused-ring (bicyclic) bond motifs is 1. The lowest BCUT2D eigenvalue weighted by Crippen LogP contribution is -2.17. The van der Waals surface area contributed by atoms with E-state index in [9.17, 15) is 9.90 Å². The van der Waals surface area contributed by atoms with Crippen LogP contribution in [0, 0.1) is 5.41 Å². The van der Waals surface area contributed by atoms with Crippen LogP contribution in [0.3, 0.4) is 0 Å². The van der Waals surface area contributed by atoms with Crippen molar-refractivity contribution in [2.45, 2.75) is 27.4 Å². The molecule has 0 aromatic heterocycles. The van der Waals surface area contributed by atoms with Crippen molar-refractivity contribution in [3.63, 3.8) is 0 Å². The van der Waals surface area contributed by atoms with E-state index in [-0.39, 0.29) is 12.0 Å². The van der Waals surface area contributed by atoms with E-state index in [1.807, 2.05) is 24.3 Å². The van der Waals surface area contributed by atoms with Crippen LogP contribution in [0.2, 0.25) is 0 Å². The largest absolute Gasteiger partial charge is 0.492 e. The molecule has 1 heterocycles. The zero-order chi connectivity index (χ0) is 17.0. The Morgan fingerprint density at radius 3 is 2.78 bits per heavy atom. The van der Waals surface area contributed by atoms with Crippen LogP contribution >= 0.6 is 0 Å². The number of hydrogen-bond donors (Lipinski definition) is 2. The minimum absolute atomic E-state index is 0.0361. The summed E-state index contributed by atoms with van der Waals surface area (Å²) in [6.07, 6.45) is 6.95. The number of carboxylic acids is 1. The minimum atomic E-state index is -0.964. The number of rotatable bonds is 4. The summed E-state index contributed by atoms with van der Waals surface area (Å²) in [6, 6.07) is 5.61. The summed E-state index contributed by atoms with van der Waals surface area (Å²) in [5.41, 5.74) is 3.17. The van der Waals surface area contributed by atoms with Gasteiger partial charge in [-0.3, -0.25) is 0 Å². The van der Waals surface area contributed by atoms with Crippen molar-refractivity contribution in [3.05, 3.63) is 59.2 Å². The van der Waals surface area contributed by atoms with Gasteiger partial charge in [0.2, 0.25) is 0 Å². The molecule has 2 rings (SSSR count). The van der Waals surface area contributed by atoms with Crippen LogP contribution in [0.15, 0.2) is 48.1 Å². The Morgan fingerprint density at radius 2 is 2.13 bits per heavy atom. The number of allylic oxidation sites excluding steroid dienone is 4. The number of hydrogen-bond acceptors (Lipinski definition) is 3. The van der Waals surface area contributed by atoms with Gasteiger partial charge in [0.05, 0.1) is 13.2 Å². The molecule has 0 unspecified atom stereocenters. The highest BCUT2D eigenvalue weighted by atomic mass is 16.5. The topological polar surface area (TPSA) is 66.8 Å². The summed E-state index contributed by atoms with van der Waals surface area (Å²) < 4.78 is 5.89. The molecule has 4 heteroatoms.